The smallest absolute Gasteiger partial charge is 0.0622 e. The van der Waals surface area contributed by atoms with Gasteiger partial charge in [0, 0.05) is 24.3 Å². The number of nitrogen functional groups attached to an aromatic ring is 1. The molecular weight excluding hydrogens is 212 g/mol. The zero-order valence-corrected chi connectivity index (χ0v) is 10.7. The third-order valence-corrected chi connectivity index (χ3v) is 3.63. The van der Waals surface area contributed by atoms with Gasteiger partial charge in [-0.05, 0) is 31.0 Å². The highest BCUT2D eigenvalue weighted by atomic mass is 16.5. The molecule has 1 aromatic carbocycles. The molecule has 1 fully saturated rings. The summed E-state index contributed by atoms with van der Waals surface area (Å²) in [5.74, 6) is 0. The highest BCUT2D eigenvalue weighted by Crippen LogP contribution is 2.26. The molecule has 0 bridgehead atoms. The van der Waals surface area contributed by atoms with E-state index in [1.54, 1.807) is 0 Å². The van der Waals surface area contributed by atoms with Crippen LogP contribution in [0, 0.1) is 0 Å². The van der Waals surface area contributed by atoms with E-state index in [4.69, 9.17) is 10.5 Å². The molecule has 2 rings (SSSR count). The van der Waals surface area contributed by atoms with Gasteiger partial charge in [-0.25, -0.2) is 0 Å². The third kappa shape index (κ3) is 2.79. The molecule has 17 heavy (non-hydrogen) atoms. The second-order valence-electron chi connectivity index (χ2n) is 4.72. The fourth-order valence-corrected chi connectivity index (χ4v) is 2.54. The first-order chi connectivity index (χ1) is 8.22. The highest BCUT2D eigenvalue weighted by molar-refractivity contribution is 5.41. The molecule has 2 unspecified atom stereocenters. The van der Waals surface area contributed by atoms with Crippen LogP contribution in [-0.4, -0.2) is 30.7 Å². The molecule has 0 saturated carbocycles. The molecule has 1 aliphatic heterocycles. The number of rotatable bonds is 3. The van der Waals surface area contributed by atoms with Crippen molar-refractivity contribution in [1.82, 2.24) is 4.90 Å². The summed E-state index contributed by atoms with van der Waals surface area (Å²) in [6.45, 7) is 7.17. The first kappa shape index (κ1) is 12.4. The van der Waals surface area contributed by atoms with E-state index in [1.807, 2.05) is 12.1 Å². The van der Waals surface area contributed by atoms with Gasteiger partial charge in [0.05, 0.1) is 13.2 Å². The fraction of sp³-hybridized carbons (Fsp3) is 0.571. The van der Waals surface area contributed by atoms with E-state index in [2.05, 4.69) is 30.9 Å². The van der Waals surface area contributed by atoms with Crippen molar-refractivity contribution in [1.29, 1.82) is 0 Å². The first-order valence-corrected chi connectivity index (χ1v) is 6.41. The maximum Gasteiger partial charge on any atom is 0.0622 e. The molecule has 0 aliphatic carbocycles. The zero-order valence-electron chi connectivity index (χ0n) is 10.7. The van der Waals surface area contributed by atoms with Crippen molar-refractivity contribution in [3.05, 3.63) is 29.8 Å². The fourth-order valence-electron chi connectivity index (χ4n) is 2.54. The molecule has 0 amide bonds. The third-order valence-electron chi connectivity index (χ3n) is 3.63. The Bertz CT molecular complexity index is 367. The van der Waals surface area contributed by atoms with E-state index in [0.717, 1.165) is 31.9 Å². The maximum atomic E-state index is 5.85. The van der Waals surface area contributed by atoms with E-state index in [9.17, 15) is 0 Å². The molecule has 1 heterocycles. The summed E-state index contributed by atoms with van der Waals surface area (Å²) >= 11 is 0. The van der Waals surface area contributed by atoms with E-state index in [-0.39, 0.29) is 0 Å². The van der Waals surface area contributed by atoms with Gasteiger partial charge in [0.2, 0.25) is 0 Å². The van der Waals surface area contributed by atoms with Crippen LogP contribution in [0.15, 0.2) is 24.3 Å². The number of nitrogens with two attached hydrogens (primary N) is 1. The van der Waals surface area contributed by atoms with Gasteiger partial charge >= 0.3 is 0 Å². The zero-order chi connectivity index (χ0) is 12.3. The van der Waals surface area contributed by atoms with Crippen molar-refractivity contribution in [2.75, 3.05) is 25.5 Å². The molecule has 94 valence electrons. The minimum Gasteiger partial charge on any atom is -0.399 e. The number of morpholine rings is 1. The summed E-state index contributed by atoms with van der Waals surface area (Å²) in [4.78, 5) is 2.53. The summed E-state index contributed by atoms with van der Waals surface area (Å²) in [5.41, 5.74) is 7.99. The van der Waals surface area contributed by atoms with Crippen molar-refractivity contribution in [3.8, 4) is 0 Å². The Labute approximate surface area is 104 Å². The molecular formula is C14H22N2O. The van der Waals surface area contributed by atoms with Gasteiger partial charge in [-0.1, -0.05) is 19.1 Å². The lowest BCUT2D eigenvalue weighted by molar-refractivity contribution is -0.0272. The Hall–Kier alpha value is -1.06. The molecule has 2 N–H and O–H groups in total. The van der Waals surface area contributed by atoms with Crippen molar-refractivity contribution < 1.29 is 4.74 Å². The summed E-state index contributed by atoms with van der Waals surface area (Å²) < 4.78 is 5.55. The highest BCUT2D eigenvalue weighted by Gasteiger charge is 2.26. The summed E-state index contributed by atoms with van der Waals surface area (Å²) in [6, 6.07) is 9.14. The van der Waals surface area contributed by atoms with Gasteiger partial charge in [0.25, 0.3) is 0 Å². The lowest BCUT2D eigenvalue weighted by Gasteiger charge is -2.39. The Balaban J connectivity index is 2.15. The van der Waals surface area contributed by atoms with Crippen molar-refractivity contribution >= 4 is 5.69 Å². The minimum absolute atomic E-state index is 0.410. The molecule has 3 heteroatoms. The van der Waals surface area contributed by atoms with Crippen molar-refractivity contribution in [2.45, 2.75) is 32.4 Å². The largest absolute Gasteiger partial charge is 0.399 e. The Morgan fingerprint density at radius 2 is 2.35 bits per heavy atom. The lowest BCUT2D eigenvalue weighted by Crippen LogP contribution is -2.46. The summed E-state index contributed by atoms with van der Waals surface area (Å²) in [5, 5.41) is 0. The Morgan fingerprint density at radius 3 is 3.06 bits per heavy atom. The van der Waals surface area contributed by atoms with Crippen molar-refractivity contribution in [3.63, 3.8) is 0 Å². The molecule has 0 aromatic heterocycles. The standard InChI is InChI=1S/C14H22N2O/c1-3-14-10-17-8-7-16(14)11(2)12-5-4-6-13(15)9-12/h4-6,9,11,14H,3,7-8,10,15H2,1-2H3. The summed E-state index contributed by atoms with van der Waals surface area (Å²) in [7, 11) is 0. The van der Waals surface area contributed by atoms with E-state index in [1.165, 1.54) is 5.56 Å². The van der Waals surface area contributed by atoms with Gasteiger partial charge in [-0.2, -0.15) is 0 Å². The summed E-state index contributed by atoms with van der Waals surface area (Å²) in [6.07, 6.45) is 1.13. The van der Waals surface area contributed by atoms with Crippen molar-refractivity contribution in [2.24, 2.45) is 0 Å². The van der Waals surface area contributed by atoms with Gasteiger partial charge in [-0.3, -0.25) is 4.90 Å². The molecule has 1 aliphatic rings. The Morgan fingerprint density at radius 1 is 1.53 bits per heavy atom. The number of hydrogen-bond donors (Lipinski definition) is 1. The number of anilines is 1. The topological polar surface area (TPSA) is 38.5 Å². The van der Waals surface area contributed by atoms with E-state index < -0.39 is 0 Å². The van der Waals surface area contributed by atoms with Crippen LogP contribution in [-0.2, 0) is 4.74 Å². The number of hydrogen-bond acceptors (Lipinski definition) is 3. The van der Waals surface area contributed by atoms with Crippen LogP contribution in [0.2, 0.25) is 0 Å². The van der Waals surface area contributed by atoms with Gasteiger partial charge in [-0.15, -0.1) is 0 Å². The maximum absolute atomic E-state index is 5.85. The van der Waals surface area contributed by atoms with Crippen LogP contribution in [0.1, 0.15) is 31.9 Å². The van der Waals surface area contributed by atoms with Crippen LogP contribution in [0.4, 0.5) is 5.69 Å². The molecule has 1 saturated heterocycles. The number of nitrogens with zero attached hydrogens (tertiary/aromatic N) is 1. The number of benzene rings is 1. The van der Waals surface area contributed by atoms with E-state index >= 15 is 0 Å². The monoisotopic (exact) mass is 234 g/mol. The van der Waals surface area contributed by atoms with Crippen LogP contribution < -0.4 is 5.73 Å². The van der Waals surface area contributed by atoms with Crippen LogP contribution in [0.5, 0.6) is 0 Å². The molecule has 0 radical (unpaired) electrons. The quantitative estimate of drug-likeness (QED) is 0.816. The van der Waals surface area contributed by atoms with Gasteiger partial charge in [0.1, 0.15) is 0 Å². The molecule has 2 atom stereocenters. The average Bonchev–Trinajstić information content (AvgIpc) is 2.38. The van der Waals surface area contributed by atoms with Crippen LogP contribution in [0.25, 0.3) is 0 Å². The second-order valence-corrected chi connectivity index (χ2v) is 4.72. The normalized spacial score (nSPS) is 23.5. The van der Waals surface area contributed by atoms with Crippen LogP contribution in [0.3, 0.4) is 0 Å². The number of ether oxygens (including phenoxy) is 1. The van der Waals surface area contributed by atoms with Crippen LogP contribution >= 0.6 is 0 Å². The van der Waals surface area contributed by atoms with Gasteiger partial charge < -0.3 is 10.5 Å². The molecule has 0 spiro atoms. The average molecular weight is 234 g/mol. The predicted octanol–water partition coefficient (Wildman–Crippen LogP) is 2.44. The molecule has 1 aromatic rings. The van der Waals surface area contributed by atoms with E-state index in [0.29, 0.717) is 12.1 Å². The lowest BCUT2D eigenvalue weighted by atomic mass is 10.0. The predicted molar refractivity (Wildman–Crippen MR) is 70.9 cm³/mol. The SMILES string of the molecule is CCC1COCCN1C(C)c1cccc(N)c1. The Kier molecular flexibility index (Phi) is 4.02. The second kappa shape index (κ2) is 5.52. The van der Waals surface area contributed by atoms with Gasteiger partial charge in [0.15, 0.2) is 0 Å². The minimum atomic E-state index is 0.410. The molecule has 3 nitrogen and oxygen atoms in total. The first-order valence-electron chi connectivity index (χ1n) is 6.41.